The van der Waals surface area contributed by atoms with Crippen LogP contribution in [0.15, 0.2) is 42.5 Å². The van der Waals surface area contributed by atoms with Gasteiger partial charge in [0.15, 0.2) is 0 Å². The highest BCUT2D eigenvalue weighted by Crippen LogP contribution is 2.28. The van der Waals surface area contributed by atoms with Gasteiger partial charge in [-0.1, -0.05) is 23.7 Å². The summed E-state index contributed by atoms with van der Waals surface area (Å²) in [7, 11) is 0. The molecular weight excluding hydrogens is 267 g/mol. The summed E-state index contributed by atoms with van der Waals surface area (Å²) in [6, 6.07) is 11.2. The molecule has 0 unspecified atom stereocenters. The van der Waals surface area contributed by atoms with Crippen molar-refractivity contribution in [2.45, 2.75) is 19.6 Å². The lowest BCUT2D eigenvalue weighted by molar-refractivity contribution is 0.190. The Morgan fingerprint density at radius 3 is 2.53 bits per heavy atom. The molecule has 0 fully saturated rings. The molecule has 1 N–H and O–H groups in total. The molecule has 0 radical (unpaired) electrons. The Hall–Kier alpha value is -1.58. The van der Waals surface area contributed by atoms with Crippen LogP contribution >= 0.6 is 11.6 Å². The Balaban J connectivity index is 2.13. The molecule has 0 spiro atoms. The molecule has 2 aromatic carbocycles. The van der Waals surface area contributed by atoms with E-state index in [-0.39, 0.29) is 5.82 Å². The average Bonchev–Trinajstić information content (AvgIpc) is 2.39. The summed E-state index contributed by atoms with van der Waals surface area (Å²) in [5.74, 6) is 0.295. The zero-order chi connectivity index (χ0) is 13.8. The molecule has 0 bridgehead atoms. The van der Waals surface area contributed by atoms with Gasteiger partial charge in [-0.25, -0.2) is 4.39 Å². The molecule has 0 aliphatic rings. The van der Waals surface area contributed by atoms with Crippen molar-refractivity contribution in [2.75, 3.05) is 0 Å². The zero-order valence-corrected chi connectivity index (χ0v) is 11.2. The standard InChI is InChI=1S/C15H14ClFO2/c1-10(18)14-8-12(16)4-7-15(14)19-9-11-2-5-13(17)6-3-11/h2-8,10,18H,9H2,1H3/t10-/m1/s1. The first kappa shape index (κ1) is 13.8. The van der Waals surface area contributed by atoms with Crippen LogP contribution in [0, 0.1) is 5.82 Å². The summed E-state index contributed by atoms with van der Waals surface area (Å²) < 4.78 is 18.4. The van der Waals surface area contributed by atoms with E-state index in [1.807, 2.05) is 0 Å². The van der Waals surface area contributed by atoms with E-state index in [0.717, 1.165) is 5.56 Å². The molecule has 0 saturated carbocycles. The molecule has 2 rings (SSSR count). The summed E-state index contributed by atoms with van der Waals surface area (Å²) in [5.41, 5.74) is 1.49. The van der Waals surface area contributed by atoms with Gasteiger partial charge >= 0.3 is 0 Å². The fourth-order valence-electron chi connectivity index (χ4n) is 1.72. The Labute approximate surface area is 116 Å². The molecule has 0 amide bonds. The van der Waals surface area contributed by atoms with Crippen LogP contribution in [0.2, 0.25) is 5.02 Å². The number of rotatable bonds is 4. The number of hydrogen-bond donors (Lipinski definition) is 1. The third kappa shape index (κ3) is 3.69. The molecule has 0 heterocycles. The minimum atomic E-state index is -0.665. The van der Waals surface area contributed by atoms with Crippen LogP contribution in [-0.2, 0) is 6.61 Å². The van der Waals surface area contributed by atoms with Crippen molar-refractivity contribution in [2.24, 2.45) is 0 Å². The average molecular weight is 281 g/mol. The lowest BCUT2D eigenvalue weighted by Gasteiger charge is -2.14. The van der Waals surface area contributed by atoms with Crippen molar-refractivity contribution in [3.63, 3.8) is 0 Å². The second-order valence-electron chi connectivity index (χ2n) is 4.27. The normalized spacial score (nSPS) is 12.2. The maximum atomic E-state index is 12.8. The Morgan fingerprint density at radius 2 is 1.89 bits per heavy atom. The smallest absolute Gasteiger partial charge is 0.125 e. The Morgan fingerprint density at radius 1 is 1.21 bits per heavy atom. The summed E-state index contributed by atoms with van der Waals surface area (Å²) in [6.07, 6.45) is -0.665. The molecular formula is C15H14ClFO2. The molecule has 1 atom stereocenters. The van der Waals surface area contributed by atoms with E-state index in [9.17, 15) is 9.50 Å². The summed E-state index contributed by atoms with van der Waals surface area (Å²) in [6.45, 7) is 1.96. The van der Waals surface area contributed by atoms with Crippen LogP contribution in [0.25, 0.3) is 0 Å². The van der Waals surface area contributed by atoms with Crippen LogP contribution in [0.5, 0.6) is 5.75 Å². The first-order valence-corrected chi connectivity index (χ1v) is 6.29. The van der Waals surface area contributed by atoms with Crippen molar-refractivity contribution in [3.8, 4) is 5.75 Å². The molecule has 0 saturated heterocycles. The van der Waals surface area contributed by atoms with Crippen molar-refractivity contribution < 1.29 is 14.2 Å². The lowest BCUT2D eigenvalue weighted by atomic mass is 10.1. The highest BCUT2D eigenvalue weighted by molar-refractivity contribution is 6.30. The molecule has 0 aromatic heterocycles. The number of ether oxygens (including phenoxy) is 1. The van der Waals surface area contributed by atoms with E-state index < -0.39 is 6.10 Å². The van der Waals surface area contributed by atoms with Crippen molar-refractivity contribution >= 4 is 11.6 Å². The second kappa shape index (κ2) is 6.04. The maximum Gasteiger partial charge on any atom is 0.125 e. The van der Waals surface area contributed by atoms with Gasteiger partial charge in [-0.15, -0.1) is 0 Å². The fourth-order valence-corrected chi connectivity index (χ4v) is 1.90. The van der Waals surface area contributed by atoms with E-state index in [0.29, 0.717) is 22.9 Å². The van der Waals surface area contributed by atoms with E-state index >= 15 is 0 Å². The first-order chi connectivity index (χ1) is 9.06. The van der Waals surface area contributed by atoms with Gasteiger partial charge < -0.3 is 9.84 Å². The van der Waals surface area contributed by atoms with Gasteiger partial charge in [0.25, 0.3) is 0 Å². The molecule has 2 aromatic rings. The first-order valence-electron chi connectivity index (χ1n) is 5.91. The SMILES string of the molecule is C[C@@H](O)c1cc(Cl)ccc1OCc1ccc(F)cc1. The molecule has 2 nitrogen and oxygen atoms in total. The lowest BCUT2D eigenvalue weighted by Crippen LogP contribution is -2.01. The summed E-state index contributed by atoms with van der Waals surface area (Å²) in [5, 5.41) is 10.2. The van der Waals surface area contributed by atoms with Crippen LogP contribution in [-0.4, -0.2) is 5.11 Å². The fraction of sp³-hybridized carbons (Fsp3) is 0.200. The van der Waals surface area contributed by atoms with E-state index in [1.54, 1.807) is 37.3 Å². The molecule has 4 heteroatoms. The largest absolute Gasteiger partial charge is 0.489 e. The molecule has 0 aliphatic heterocycles. The van der Waals surface area contributed by atoms with Crippen LogP contribution in [0.4, 0.5) is 4.39 Å². The maximum absolute atomic E-state index is 12.8. The topological polar surface area (TPSA) is 29.5 Å². The van der Waals surface area contributed by atoms with Crippen LogP contribution < -0.4 is 4.74 Å². The van der Waals surface area contributed by atoms with E-state index in [2.05, 4.69) is 0 Å². The van der Waals surface area contributed by atoms with E-state index in [4.69, 9.17) is 16.3 Å². The number of aliphatic hydroxyl groups is 1. The van der Waals surface area contributed by atoms with Gasteiger partial charge in [0.1, 0.15) is 18.2 Å². The predicted molar refractivity (Wildman–Crippen MR) is 72.8 cm³/mol. The number of halogens is 2. The van der Waals surface area contributed by atoms with Crippen LogP contribution in [0.1, 0.15) is 24.2 Å². The van der Waals surface area contributed by atoms with Gasteiger partial charge in [0.05, 0.1) is 6.10 Å². The number of benzene rings is 2. The highest BCUT2D eigenvalue weighted by atomic mass is 35.5. The summed E-state index contributed by atoms with van der Waals surface area (Å²) >= 11 is 5.89. The third-order valence-electron chi connectivity index (χ3n) is 2.73. The Kier molecular flexibility index (Phi) is 4.40. The summed E-state index contributed by atoms with van der Waals surface area (Å²) in [4.78, 5) is 0. The number of hydrogen-bond acceptors (Lipinski definition) is 2. The van der Waals surface area contributed by atoms with Crippen molar-refractivity contribution in [3.05, 3.63) is 64.4 Å². The minimum absolute atomic E-state index is 0.278. The number of aliphatic hydroxyl groups excluding tert-OH is 1. The van der Waals surface area contributed by atoms with Crippen LogP contribution in [0.3, 0.4) is 0 Å². The second-order valence-corrected chi connectivity index (χ2v) is 4.71. The molecule has 100 valence electrons. The monoisotopic (exact) mass is 280 g/mol. The predicted octanol–water partition coefficient (Wildman–Crippen LogP) is 4.11. The van der Waals surface area contributed by atoms with Gasteiger partial charge in [0, 0.05) is 10.6 Å². The van der Waals surface area contributed by atoms with E-state index in [1.165, 1.54) is 12.1 Å². The Bertz CT molecular complexity index is 553. The van der Waals surface area contributed by atoms with Gasteiger partial charge in [-0.2, -0.15) is 0 Å². The zero-order valence-electron chi connectivity index (χ0n) is 10.4. The quantitative estimate of drug-likeness (QED) is 0.913. The van der Waals surface area contributed by atoms with Gasteiger partial charge in [-0.05, 0) is 42.8 Å². The molecule has 19 heavy (non-hydrogen) atoms. The third-order valence-corrected chi connectivity index (χ3v) is 2.96. The van der Waals surface area contributed by atoms with Gasteiger partial charge in [0.2, 0.25) is 0 Å². The highest BCUT2D eigenvalue weighted by Gasteiger charge is 2.10. The molecule has 0 aliphatic carbocycles. The van der Waals surface area contributed by atoms with Crippen molar-refractivity contribution in [1.29, 1.82) is 0 Å². The van der Waals surface area contributed by atoms with Crippen molar-refractivity contribution in [1.82, 2.24) is 0 Å². The minimum Gasteiger partial charge on any atom is -0.489 e. The van der Waals surface area contributed by atoms with Gasteiger partial charge in [-0.3, -0.25) is 0 Å².